The third-order valence-corrected chi connectivity index (χ3v) is 3.55. The lowest BCUT2D eigenvalue weighted by Crippen LogP contribution is -2.42. The molecule has 0 aromatic heterocycles. The van der Waals surface area contributed by atoms with Gasteiger partial charge in [0.1, 0.15) is 17.7 Å². The molecule has 0 bridgehead atoms. The van der Waals surface area contributed by atoms with Gasteiger partial charge in [0.05, 0.1) is 13.2 Å². The number of nitrogens with one attached hydrogen (secondary N) is 1. The van der Waals surface area contributed by atoms with E-state index in [-0.39, 0.29) is 18.4 Å². The van der Waals surface area contributed by atoms with Crippen LogP contribution in [0.3, 0.4) is 0 Å². The summed E-state index contributed by atoms with van der Waals surface area (Å²) in [7, 11) is 0. The van der Waals surface area contributed by atoms with E-state index in [1.165, 1.54) is 0 Å². The number of esters is 2. The molecule has 9 heteroatoms. The zero-order valence-corrected chi connectivity index (χ0v) is 21.1. The maximum Gasteiger partial charge on any atom is 0.408 e. The molecule has 1 amide bonds. The van der Waals surface area contributed by atoms with E-state index in [1.807, 2.05) is 12.2 Å². The minimum atomic E-state index is -0.714. The number of ether oxygens (including phenoxy) is 3. The Morgan fingerprint density at radius 2 is 1.34 bits per heavy atom. The van der Waals surface area contributed by atoms with Crippen LogP contribution in [0.1, 0.15) is 73.1 Å². The molecule has 188 valence electrons. The van der Waals surface area contributed by atoms with Gasteiger partial charge >= 0.3 is 18.0 Å². The molecule has 3 N–H and O–H groups in total. The molecule has 8 nitrogen and oxygen atoms in total. The van der Waals surface area contributed by atoms with Crippen LogP contribution in [-0.4, -0.2) is 48.9 Å². The Kier molecular flexibility index (Phi) is 22.5. The van der Waals surface area contributed by atoms with E-state index in [4.69, 9.17) is 19.9 Å². The van der Waals surface area contributed by atoms with Crippen molar-refractivity contribution < 1.29 is 28.6 Å². The molecule has 0 aliphatic heterocycles. The van der Waals surface area contributed by atoms with Crippen LogP contribution in [-0.2, 0) is 23.8 Å². The fraction of sp³-hybridized carbons (Fsp3) is 0.696. The fourth-order valence-electron chi connectivity index (χ4n) is 1.93. The van der Waals surface area contributed by atoms with E-state index in [2.05, 4.69) is 18.5 Å². The molecule has 0 saturated heterocycles. The van der Waals surface area contributed by atoms with Crippen LogP contribution in [0.15, 0.2) is 25.3 Å². The highest BCUT2D eigenvalue weighted by Crippen LogP contribution is 2.07. The van der Waals surface area contributed by atoms with Gasteiger partial charge in [-0.05, 0) is 73.1 Å². The quantitative estimate of drug-likeness (QED) is 0.174. The molecular formula is C23H43ClN2O6. The Hall–Kier alpha value is -2.06. The van der Waals surface area contributed by atoms with Crippen molar-refractivity contribution in [2.24, 2.45) is 5.73 Å². The van der Waals surface area contributed by atoms with Crippen LogP contribution < -0.4 is 11.1 Å². The smallest absolute Gasteiger partial charge is 0.408 e. The number of carbonyl (C=O) groups is 3. The first-order valence-corrected chi connectivity index (χ1v) is 10.7. The molecule has 2 atom stereocenters. The molecule has 0 saturated carbocycles. The topological polar surface area (TPSA) is 117 Å². The minimum absolute atomic E-state index is 0. The molecule has 0 aliphatic rings. The van der Waals surface area contributed by atoms with Crippen LogP contribution >= 0.6 is 12.4 Å². The summed E-state index contributed by atoms with van der Waals surface area (Å²) in [6.45, 7) is 16.5. The van der Waals surface area contributed by atoms with Gasteiger partial charge < -0.3 is 25.3 Å². The normalized spacial score (nSPS) is 11.9. The predicted molar refractivity (Wildman–Crippen MR) is 130 cm³/mol. The lowest BCUT2D eigenvalue weighted by Gasteiger charge is -2.21. The van der Waals surface area contributed by atoms with Gasteiger partial charge in [0.25, 0.3) is 0 Å². The predicted octanol–water partition coefficient (Wildman–Crippen LogP) is 4.45. The van der Waals surface area contributed by atoms with Gasteiger partial charge in [0.2, 0.25) is 0 Å². The zero-order valence-electron chi connectivity index (χ0n) is 20.3. The van der Waals surface area contributed by atoms with E-state index in [1.54, 1.807) is 34.6 Å². The maximum atomic E-state index is 11.6. The second-order valence-corrected chi connectivity index (χ2v) is 8.06. The van der Waals surface area contributed by atoms with Gasteiger partial charge in [-0.2, -0.15) is 0 Å². The molecule has 0 heterocycles. The number of nitrogens with two attached hydrogens (primary N) is 1. The summed E-state index contributed by atoms with van der Waals surface area (Å²) >= 11 is 0. The summed E-state index contributed by atoms with van der Waals surface area (Å²) in [6, 6.07) is -1.22. The summed E-state index contributed by atoms with van der Waals surface area (Å²) in [4.78, 5) is 33.8. The molecule has 0 fully saturated rings. The van der Waals surface area contributed by atoms with E-state index >= 15 is 0 Å². The standard InChI is InChI=1S/C14H25NO4.C9H17NO2.ClH/c1-6-7-8-9-10-18-12(16)11(2)15-13(17)19-14(3,4)5;1-3-4-5-6-7-12-9(11)8(2)10;/h6,11H,1,7-10H2,2-5H3,(H,15,17);3,8H,1,4-7,10H2,2H3;1H/t11-;8-;/m00./s1. The van der Waals surface area contributed by atoms with E-state index in [9.17, 15) is 14.4 Å². The number of carbonyl (C=O) groups excluding carboxylic acids is 3. The Morgan fingerprint density at radius 3 is 1.72 bits per heavy atom. The molecule has 0 spiro atoms. The number of alkyl carbamates (subject to hydrolysis) is 1. The van der Waals surface area contributed by atoms with Gasteiger partial charge in [0.15, 0.2) is 0 Å². The number of hydrogen-bond donors (Lipinski definition) is 2. The maximum absolute atomic E-state index is 11.6. The first-order valence-electron chi connectivity index (χ1n) is 10.7. The van der Waals surface area contributed by atoms with Crippen molar-refractivity contribution in [3.8, 4) is 0 Å². The number of allylic oxidation sites excluding steroid dienone is 2. The summed E-state index contributed by atoms with van der Waals surface area (Å²) in [6.07, 6.45) is 8.55. The highest BCUT2D eigenvalue weighted by atomic mass is 35.5. The van der Waals surface area contributed by atoms with Crippen molar-refractivity contribution in [3.05, 3.63) is 25.3 Å². The second kappa shape index (κ2) is 20.8. The molecule has 0 unspecified atom stereocenters. The van der Waals surface area contributed by atoms with Gasteiger partial charge in [-0.15, -0.1) is 25.6 Å². The number of amides is 1. The Labute approximate surface area is 199 Å². The molecule has 0 aliphatic carbocycles. The third-order valence-electron chi connectivity index (χ3n) is 3.55. The highest BCUT2D eigenvalue weighted by Gasteiger charge is 2.21. The Balaban J connectivity index is -0.000000561. The molecule has 0 rings (SSSR count). The number of unbranched alkanes of at least 4 members (excludes halogenated alkanes) is 4. The summed E-state index contributed by atoms with van der Waals surface area (Å²) in [5, 5.41) is 2.44. The van der Waals surface area contributed by atoms with Gasteiger partial charge in [0, 0.05) is 0 Å². The Morgan fingerprint density at radius 1 is 0.906 bits per heavy atom. The van der Waals surface area contributed by atoms with Gasteiger partial charge in [-0.25, -0.2) is 9.59 Å². The monoisotopic (exact) mass is 478 g/mol. The van der Waals surface area contributed by atoms with Crippen molar-refractivity contribution >= 4 is 30.4 Å². The lowest BCUT2D eigenvalue weighted by molar-refractivity contribution is -0.146. The average molecular weight is 479 g/mol. The summed E-state index contributed by atoms with van der Waals surface area (Å²) in [5.74, 6) is -0.780. The van der Waals surface area contributed by atoms with E-state index < -0.39 is 29.7 Å². The van der Waals surface area contributed by atoms with Crippen molar-refractivity contribution in [1.82, 2.24) is 5.32 Å². The SMILES string of the molecule is C=CCCCCOC(=O)[C@H](C)N.C=CCCCCOC(=O)[C@H](C)NC(=O)OC(C)(C)C.Cl. The highest BCUT2D eigenvalue weighted by molar-refractivity contribution is 5.85. The Bertz CT molecular complexity index is 547. The number of hydrogen-bond acceptors (Lipinski definition) is 7. The van der Waals surface area contributed by atoms with Crippen LogP contribution in [0.4, 0.5) is 4.79 Å². The van der Waals surface area contributed by atoms with Gasteiger partial charge in [-0.3, -0.25) is 4.79 Å². The summed E-state index contributed by atoms with van der Waals surface area (Å²) < 4.78 is 14.9. The van der Waals surface area contributed by atoms with Gasteiger partial charge in [-0.1, -0.05) is 12.2 Å². The zero-order chi connectivity index (χ0) is 24.3. The minimum Gasteiger partial charge on any atom is -0.465 e. The van der Waals surface area contributed by atoms with Crippen LogP contribution in [0, 0.1) is 0 Å². The van der Waals surface area contributed by atoms with Crippen molar-refractivity contribution in [1.29, 1.82) is 0 Å². The van der Waals surface area contributed by atoms with Crippen molar-refractivity contribution in [3.63, 3.8) is 0 Å². The van der Waals surface area contributed by atoms with Crippen molar-refractivity contribution in [2.75, 3.05) is 13.2 Å². The van der Waals surface area contributed by atoms with Crippen LogP contribution in [0.2, 0.25) is 0 Å². The first kappa shape index (κ1) is 34.6. The molecule has 0 aromatic rings. The van der Waals surface area contributed by atoms with E-state index in [0.29, 0.717) is 13.2 Å². The number of halogens is 1. The van der Waals surface area contributed by atoms with E-state index in [0.717, 1.165) is 38.5 Å². The molecule has 0 aromatic carbocycles. The lowest BCUT2D eigenvalue weighted by atomic mass is 10.2. The van der Waals surface area contributed by atoms with Crippen LogP contribution in [0.5, 0.6) is 0 Å². The molecular weight excluding hydrogens is 436 g/mol. The average Bonchev–Trinajstić information content (AvgIpc) is 2.66. The third kappa shape index (κ3) is 24.2. The fourth-order valence-corrected chi connectivity index (χ4v) is 1.93. The molecule has 32 heavy (non-hydrogen) atoms. The second-order valence-electron chi connectivity index (χ2n) is 8.06. The summed E-state index contributed by atoms with van der Waals surface area (Å²) in [5.41, 5.74) is 4.70. The largest absolute Gasteiger partial charge is 0.465 e. The molecule has 0 radical (unpaired) electrons. The first-order chi connectivity index (χ1) is 14.4. The number of rotatable bonds is 13. The van der Waals surface area contributed by atoms with Crippen LogP contribution in [0.25, 0.3) is 0 Å². The van der Waals surface area contributed by atoms with Crippen molar-refractivity contribution in [2.45, 2.75) is 90.8 Å².